The van der Waals surface area contributed by atoms with E-state index < -0.39 is 0 Å². The van der Waals surface area contributed by atoms with Crippen LogP contribution >= 0.6 is 0 Å². The molecule has 80 valence electrons. The number of hydrogen-bond acceptors (Lipinski definition) is 3. The van der Waals surface area contributed by atoms with Crippen molar-refractivity contribution >= 4 is 12.1 Å². The van der Waals surface area contributed by atoms with Gasteiger partial charge in [-0.2, -0.15) is 0 Å². The van der Waals surface area contributed by atoms with E-state index >= 15 is 0 Å². The van der Waals surface area contributed by atoms with Gasteiger partial charge in [0.15, 0.2) is 0 Å². The maximum Gasteiger partial charge on any atom is 0.214 e. The van der Waals surface area contributed by atoms with E-state index in [0.717, 1.165) is 38.0 Å². The van der Waals surface area contributed by atoms with Crippen LogP contribution in [-0.4, -0.2) is 30.5 Å². The Morgan fingerprint density at radius 2 is 2.00 bits per heavy atom. The highest BCUT2D eigenvalue weighted by Crippen LogP contribution is 2.18. The third-order valence-electron chi connectivity index (χ3n) is 2.78. The van der Waals surface area contributed by atoms with E-state index in [4.69, 9.17) is 0 Å². The predicted octanol–water partition coefficient (Wildman–Crippen LogP) is 0.796. The van der Waals surface area contributed by atoms with Crippen molar-refractivity contribution in [2.45, 2.75) is 18.9 Å². The minimum Gasteiger partial charge on any atom is -0.317 e. The molecule has 2 heterocycles. The van der Waals surface area contributed by atoms with Gasteiger partial charge in [0.1, 0.15) is 0 Å². The fourth-order valence-electron chi connectivity index (χ4n) is 1.96. The molecule has 0 spiro atoms. The second-order valence-corrected chi connectivity index (χ2v) is 3.70. The summed E-state index contributed by atoms with van der Waals surface area (Å²) in [6, 6.07) is 4.07. The van der Waals surface area contributed by atoms with Crippen molar-refractivity contribution in [2.75, 3.05) is 18.0 Å². The molecule has 15 heavy (non-hydrogen) atoms. The first kappa shape index (κ1) is 10.1. The number of aromatic nitrogens is 1. The van der Waals surface area contributed by atoms with Crippen molar-refractivity contribution in [3.63, 3.8) is 0 Å². The number of rotatable bonds is 3. The fourth-order valence-corrected chi connectivity index (χ4v) is 1.96. The van der Waals surface area contributed by atoms with Crippen molar-refractivity contribution in [3.8, 4) is 0 Å². The minimum atomic E-state index is 0.325. The monoisotopic (exact) mass is 205 g/mol. The minimum absolute atomic E-state index is 0.325. The van der Waals surface area contributed by atoms with Gasteiger partial charge in [-0.25, -0.2) is 0 Å². The van der Waals surface area contributed by atoms with E-state index in [1.54, 1.807) is 12.4 Å². The molecule has 4 heteroatoms. The molecule has 1 saturated heterocycles. The molecule has 0 aliphatic carbocycles. The third-order valence-corrected chi connectivity index (χ3v) is 2.78. The van der Waals surface area contributed by atoms with Crippen molar-refractivity contribution in [2.24, 2.45) is 0 Å². The van der Waals surface area contributed by atoms with Gasteiger partial charge < -0.3 is 10.2 Å². The van der Waals surface area contributed by atoms with Gasteiger partial charge in [0, 0.05) is 24.1 Å². The Bertz CT molecular complexity index is 309. The lowest BCUT2D eigenvalue weighted by Crippen LogP contribution is -2.42. The predicted molar refractivity (Wildman–Crippen MR) is 58.7 cm³/mol. The van der Waals surface area contributed by atoms with Crippen LogP contribution < -0.4 is 10.2 Å². The molecule has 1 aromatic rings. The van der Waals surface area contributed by atoms with Gasteiger partial charge in [-0.15, -0.1) is 0 Å². The summed E-state index contributed by atoms with van der Waals surface area (Å²) in [6.45, 7) is 1.97. The van der Waals surface area contributed by atoms with E-state index in [9.17, 15) is 4.79 Å². The van der Waals surface area contributed by atoms with Gasteiger partial charge in [-0.05, 0) is 38.1 Å². The summed E-state index contributed by atoms with van der Waals surface area (Å²) >= 11 is 0. The molecular formula is C11H15N3O. The molecule has 1 amide bonds. The number of carbonyl (C=O) groups is 1. The summed E-state index contributed by atoms with van der Waals surface area (Å²) in [5.74, 6) is 0. The lowest BCUT2D eigenvalue weighted by Gasteiger charge is -2.31. The lowest BCUT2D eigenvalue weighted by molar-refractivity contribution is -0.108. The molecule has 1 aliphatic heterocycles. The Balaban J connectivity index is 2.12. The Kier molecular flexibility index (Phi) is 3.29. The highest BCUT2D eigenvalue weighted by atomic mass is 16.1. The summed E-state index contributed by atoms with van der Waals surface area (Å²) in [6.07, 6.45) is 6.38. The normalized spacial score (nSPS) is 17.3. The average molecular weight is 205 g/mol. The summed E-state index contributed by atoms with van der Waals surface area (Å²) in [4.78, 5) is 16.9. The number of nitrogens with one attached hydrogen (secondary N) is 1. The van der Waals surface area contributed by atoms with Crippen LogP contribution in [0.1, 0.15) is 12.8 Å². The van der Waals surface area contributed by atoms with Crippen LogP contribution in [0.4, 0.5) is 5.69 Å². The molecular weight excluding hydrogens is 190 g/mol. The van der Waals surface area contributed by atoms with Crippen LogP contribution in [0.3, 0.4) is 0 Å². The highest BCUT2D eigenvalue weighted by molar-refractivity contribution is 5.75. The van der Waals surface area contributed by atoms with Crippen molar-refractivity contribution in [1.29, 1.82) is 0 Å². The third kappa shape index (κ3) is 2.33. The fraction of sp³-hybridized carbons (Fsp3) is 0.455. The second-order valence-electron chi connectivity index (χ2n) is 3.70. The van der Waals surface area contributed by atoms with E-state index in [1.807, 2.05) is 17.0 Å². The van der Waals surface area contributed by atoms with Crippen LogP contribution in [0.25, 0.3) is 0 Å². The molecule has 2 rings (SSSR count). The van der Waals surface area contributed by atoms with Gasteiger partial charge in [-0.1, -0.05) is 0 Å². The number of amides is 1. The molecule has 0 saturated carbocycles. The summed E-state index contributed by atoms with van der Waals surface area (Å²) in [7, 11) is 0. The number of anilines is 1. The van der Waals surface area contributed by atoms with E-state index in [2.05, 4.69) is 10.3 Å². The first-order valence-corrected chi connectivity index (χ1v) is 5.26. The molecule has 4 nitrogen and oxygen atoms in total. The summed E-state index contributed by atoms with van der Waals surface area (Å²) < 4.78 is 0. The summed E-state index contributed by atoms with van der Waals surface area (Å²) in [5, 5.41) is 3.29. The molecule has 0 aromatic carbocycles. The first-order chi connectivity index (χ1) is 7.42. The number of nitrogens with zero attached hydrogens (tertiary/aromatic N) is 2. The number of carbonyl (C=O) groups excluding carboxylic acids is 1. The van der Waals surface area contributed by atoms with E-state index in [0.29, 0.717) is 6.04 Å². The van der Waals surface area contributed by atoms with Crippen LogP contribution in [0.2, 0.25) is 0 Å². The highest BCUT2D eigenvalue weighted by Gasteiger charge is 2.20. The molecule has 0 unspecified atom stereocenters. The van der Waals surface area contributed by atoms with E-state index in [1.165, 1.54) is 0 Å². The van der Waals surface area contributed by atoms with E-state index in [-0.39, 0.29) is 0 Å². The maximum atomic E-state index is 11.1. The second kappa shape index (κ2) is 4.89. The Hall–Kier alpha value is -1.42. The zero-order chi connectivity index (χ0) is 10.5. The quantitative estimate of drug-likeness (QED) is 0.742. The molecule has 0 atom stereocenters. The Labute approximate surface area is 89.3 Å². The van der Waals surface area contributed by atoms with Crippen molar-refractivity contribution in [3.05, 3.63) is 24.5 Å². The van der Waals surface area contributed by atoms with Gasteiger partial charge in [0.25, 0.3) is 0 Å². The SMILES string of the molecule is O=CN(c1ccncc1)C1CCNCC1. The standard InChI is InChI=1S/C11H15N3O/c15-9-14(10-1-5-12-6-2-10)11-3-7-13-8-4-11/h1-2,5-6,9,11,13H,3-4,7-8H2. The molecule has 0 bridgehead atoms. The van der Waals surface area contributed by atoms with Crippen LogP contribution in [0, 0.1) is 0 Å². The topological polar surface area (TPSA) is 45.2 Å². The smallest absolute Gasteiger partial charge is 0.214 e. The van der Waals surface area contributed by atoms with Gasteiger partial charge in [0.2, 0.25) is 6.41 Å². The zero-order valence-electron chi connectivity index (χ0n) is 8.60. The van der Waals surface area contributed by atoms with Crippen LogP contribution in [0.5, 0.6) is 0 Å². The van der Waals surface area contributed by atoms with Crippen molar-refractivity contribution < 1.29 is 4.79 Å². The van der Waals surface area contributed by atoms with Gasteiger partial charge >= 0.3 is 0 Å². The van der Waals surface area contributed by atoms with Crippen LogP contribution in [0.15, 0.2) is 24.5 Å². The number of piperidine rings is 1. The molecule has 1 N–H and O–H groups in total. The van der Waals surface area contributed by atoms with Crippen LogP contribution in [-0.2, 0) is 4.79 Å². The summed E-state index contributed by atoms with van der Waals surface area (Å²) in [5.41, 5.74) is 0.937. The van der Waals surface area contributed by atoms with Crippen molar-refractivity contribution in [1.82, 2.24) is 10.3 Å². The Morgan fingerprint density at radius 1 is 1.33 bits per heavy atom. The average Bonchev–Trinajstić information content (AvgIpc) is 2.33. The van der Waals surface area contributed by atoms with Gasteiger partial charge in [0.05, 0.1) is 0 Å². The van der Waals surface area contributed by atoms with Gasteiger partial charge in [-0.3, -0.25) is 9.78 Å². The number of hydrogen-bond donors (Lipinski definition) is 1. The molecule has 0 radical (unpaired) electrons. The Morgan fingerprint density at radius 3 is 2.60 bits per heavy atom. The molecule has 1 aromatic heterocycles. The first-order valence-electron chi connectivity index (χ1n) is 5.26. The zero-order valence-corrected chi connectivity index (χ0v) is 8.60. The number of pyridine rings is 1. The largest absolute Gasteiger partial charge is 0.317 e. The lowest BCUT2D eigenvalue weighted by atomic mass is 10.0. The molecule has 1 fully saturated rings. The maximum absolute atomic E-state index is 11.1. The molecule has 1 aliphatic rings.